The van der Waals surface area contributed by atoms with Crippen LogP contribution in [0.3, 0.4) is 0 Å². The summed E-state index contributed by atoms with van der Waals surface area (Å²) in [6, 6.07) is 10.7. The van der Waals surface area contributed by atoms with Gasteiger partial charge >= 0.3 is 5.97 Å². The summed E-state index contributed by atoms with van der Waals surface area (Å²) in [5.74, 6) is 0.0767. The summed E-state index contributed by atoms with van der Waals surface area (Å²) < 4.78 is 20.9. The van der Waals surface area contributed by atoms with Gasteiger partial charge in [0.05, 0.1) is 26.9 Å². The van der Waals surface area contributed by atoms with Crippen molar-refractivity contribution in [2.24, 2.45) is 0 Å². The van der Waals surface area contributed by atoms with Crippen molar-refractivity contribution < 1.29 is 28.2 Å². The van der Waals surface area contributed by atoms with E-state index in [1.165, 1.54) is 20.5 Å². The van der Waals surface area contributed by atoms with Crippen LogP contribution >= 0.6 is 0 Å². The highest BCUT2D eigenvalue weighted by Gasteiger charge is 2.14. The van der Waals surface area contributed by atoms with Crippen molar-refractivity contribution in [2.45, 2.75) is 13.3 Å². The molecule has 1 aromatic heterocycles. The van der Waals surface area contributed by atoms with Crippen molar-refractivity contribution >= 4 is 28.5 Å². The minimum atomic E-state index is -0.509. The van der Waals surface area contributed by atoms with Crippen LogP contribution in [0.1, 0.15) is 11.1 Å². The Labute approximate surface area is 162 Å². The molecule has 0 radical (unpaired) electrons. The predicted molar refractivity (Wildman–Crippen MR) is 104 cm³/mol. The number of hydrogen-bond donors (Lipinski definition) is 1. The van der Waals surface area contributed by atoms with E-state index in [1.807, 2.05) is 25.1 Å². The molecule has 0 aliphatic carbocycles. The fraction of sp³-hybridized carbons (Fsp3) is 0.238. The third-order valence-corrected chi connectivity index (χ3v) is 4.18. The second kappa shape index (κ2) is 8.47. The Morgan fingerprint density at radius 3 is 2.57 bits per heavy atom. The predicted octanol–water partition coefficient (Wildman–Crippen LogP) is 3.48. The first kappa shape index (κ1) is 19.3. The maximum absolute atomic E-state index is 12.1. The number of anilines is 1. The quantitative estimate of drug-likeness (QED) is 0.629. The molecule has 1 amide bonds. The number of furan rings is 1. The molecule has 7 nitrogen and oxygen atoms in total. The lowest BCUT2D eigenvalue weighted by atomic mass is 10.1. The average Bonchev–Trinajstić information content (AvgIpc) is 3.07. The average molecular weight is 383 g/mol. The van der Waals surface area contributed by atoms with Crippen LogP contribution in [0.2, 0.25) is 0 Å². The topological polar surface area (TPSA) is 87.0 Å². The number of benzene rings is 2. The number of methoxy groups -OCH3 is 2. The van der Waals surface area contributed by atoms with E-state index in [9.17, 15) is 9.59 Å². The molecule has 0 saturated heterocycles. The van der Waals surface area contributed by atoms with Gasteiger partial charge in [0.1, 0.15) is 5.58 Å². The van der Waals surface area contributed by atoms with Gasteiger partial charge in [-0.3, -0.25) is 9.59 Å². The highest BCUT2D eigenvalue weighted by atomic mass is 16.5. The first-order chi connectivity index (χ1) is 13.5. The molecular weight excluding hydrogens is 362 g/mol. The van der Waals surface area contributed by atoms with Gasteiger partial charge in [0, 0.05) is 22.7 Å². The molecule has 1 N–H and O–H groups in total. The molecule has 3 aromatic rings. The summed E-state index contributed by atoms with van der Waals surface area (Å²) in [6.07, 6.45) is 1.56. The van der Waals surface area contributed by atoms with Crippen LogP contribution in [-0.2, 0) is 20.7 Å². The third kappa shape index (κ3) is 4.43. The van der Waals surface area contributed by atoms with Crippen molar-refractivity contribution in [1.29, 1.82) is 0 Å². The maximum atomic E-state index is 12.1. The number of rotatable bonds is 7. The summed E-state index contributed by atoms with van der Waals surface area (Å²) in [4.78, 5) is 24.1. The van der Waals surface area contributed by atoms with Crippen LogP contribution in [0.15, 0.2) is 47.1 Å². The molecule has 0 saturated carbocycles. The molecule has 0 bridgehead atoms. The van der Waals surface area contributed by atoms with E-state index < -0.39 is 11.9 Å². The minimum absolute atomic E-state index is 0.0275. The van der Waals surface area contributed by atoms with Crippen LogP contribution in [0.25, 0.3) is 11.0 Å². The van der Waals surface area contributed by atoms with Gasteiger partial charge < -0.3 is 23.9 Å². The van der Waals surface area contributed by atoms with Gasteiger partial charge in [-0.25, -0.2) is 0 Å². The SMILES string of the molecule is COc1ccc(NC(=O)COC(=O)Cc2coc3cc(C)ccc23)cc1OC. The largest absolute Gasteiger partial charge is 0.493 e. The molecular formula is C21H21NO6. The zero-order chi connectivity index (χ0) is 20.1. The van der Waals surface area contributed by atoms with E-state index in [0.717, 1.165) is 16.5 Å². The summed E-state index contributed by atoms with van der Waals surface area (Å²) in [6.45, 7) is 1.58. The Morgan fingerprint density at radius 1 is 1.04 bits per heavy atom. The van der Waals surface area contributed by atoms with Crippen molar-refractivity contribution in [3.05, 3.63) is 53.8 Å². The molecule has 0 spiro atoms. The minimum Gasteiger partial charge on any atom is -0.493 e. The van der Waals surface area contributed by atoms with Gasteiger partial charge in [0.2, 0.25) is 0 Å². The van der Waals surface area contributed by atoms with Crippen LogP contribution in [0.4, 0.5) is 5.69 Å². The normalized spacial score (nSPS) is 10.5. The molecule has 3 rings (SSSR count). The Balaban J connectivity index is 1.54. The van der Waals surface area contributed by atoms with Crippen molar-refractivity contribution in [1.82, 2.24) is 0 Å². The van der Waals surface area contributed by atoms with E-state index in [4.69, 9.17) is 18.6 Å². The van der Waals surface area contributed by atoms with Crippen molar-refractivity contribution in [2.75, 3.05) is 26.1 Å². The van der Waals surface area contributed by atoms with Gasteiger partial charge in [-0.2, -0.15) is 0 Å². The molecule has 146 valence electrons. The molecule has 0 aliphatic heterocycles. The van der Waals surface area contributed by atoms with Crippen LogP contribution < -0.4 is 14.8 Å². The van der Waals surface area contributed by atoms with Crippen LogP contribution in [0, 0.1) is 6.92 Å². The number of esters is 1. The smallest absolute Gasteiger partial charge is 0.310 e. The standard InChI is InChI=1S/C21H21NO6/c1-13-4-6-16-14(11-27-18(16)8-13)9-21(24)28-12-20(23)22-15-5-7-17(25-2)19(10-15)26-3/h4-8,10-11H,9,12H2,1-3H3,(H,22,23). The molecule has 0 fully saturated rings. The Morgan fingerprint density at radius 2 is 1.82 bits per heavy atom. The van der Waals surface area contributed by atoms with Gasteiger partial charge in [0.25, 0.3) is 5.91 Å². The number of fused-ring (bicyclic) bond motifs is 1. The number of ether oxygens (including phenoxy) is 3. The van der Waals surface area contributed by atoms with E-state index in [2.05, 4.69) is 5.32 Å². The number of carbonyl (C=O) groups excluding carboxylic acids is 2. The molecule has 2 aromatic carbocycles. The molecule has 0 unspecified atom stereocenters. The number of aryl methyl sites for hydroxylation is 1. The summed E-state index contributed by atoms with van der Waals surface area (Å²) in [5, 5.41) is 3.51. The Kier molecular flexibility index (Phi) is 5.84. The van der Waals surface area contributed by atoms with Crippen molar-refractivity contribution in [3.8, 4) is 11.5 Å². The second-order valence-electron chi connectivity index (χ2n) is 6.22. The van der Waals surface area contributed by atoms with E-state index in [1.54, 1.807) is 18.2 Å². The zero-order valence-corrected chi connectivity index (χ0v) is 15.9. The molecule has 28 heavy (non-hydrogen) atoms. The van der Waals surface area contributed by atoms with Crippen LogP contribution in [0.5, 0.6) is 11.5 Å². The summed E-state index contributed by atoms with van der Waals surface area (Å²) >= 11 is 0. The van der Waals surface area contributed by atoms with Gasteiger partial charge in [-0.1, -0.05) is 12.1 Å². The van der Waals surface area contributed by atoms with Gasteiger partial charge in [0.15, 0.2) is 18.1 Å². The Hall–Kier alpha value is -3.48. The Bertz CT molecular complexity index is 1010. The third-order valence-electron chi connectivity index (χ3n) is 4.18. The van der Waals surface area contributed by atoms with E-state index in [-0.39, 0.29) is 13.0 Å². The van der Waals surface area contributed by atoms with Crippen molar-refractivity contribution in [3.63, 3.8) is 0 Å². The van der Waals surface area contributed by atoms with E-state index in [0.29, 0.717) is 22.8 Å². The number of carbonyl (C=O) groups is 2. The van der Waals surface area contributed by atoms with Crippen LogP contribution in [-0.4, -0.2) is 32.7 Å². The summed E-state index contributed by atoms with van der Waals surface area (Å²) in [7, 11) is 3.03. The maximum Gasteiger partial charge on any atom is 0.310 e. The number of hydrogen-bond acceptors (Lipinski definition) is 6. The highest BCUT2D eigenvalue weighted by molar-refractivity contribution is 5.93. The fourth-order valence-corrected chi connectivity index (χ4v) is 2.79. The molecule has 7 heteroatoms. The van der Waals surface area contributed by atoms with Gasteiger partial charge in [-0.15, -0.1) is 0 Å². The molecule has 0 aliphatic rings. The number of amides is 1. The highest BCUT2D eigenvalue weighted by Crippen LogP contribution is 2.29. The molecule has 0 atom stereocenters. The first-order valence-electron chi connectivity index (χ1n) is 8.64. The molecule has 1 heterocycles. The first-order valence-corrected chi connectivity index (χ1v) is 8.64. The second-order valence-corrected chi connectivity index (χ2v) is 6.22. The lowest BCUT2D eigenvalue weighted by molar-refractivity contribution is -0.146. The zero-order valence-electron chi connectivity index (χ0n) is 15.9. The summed E-state index contributed by atoms with van der Waals surface area (Å²) in [5.41, 5.74) is 3.02. The monoisotopic (exact) mass is 383 g/mol. The lowest BCUT2D eigenvalue weighted by Crippen LogP contribution is -2.21. The van der Waals surface area contributed by atoms with E-state index >= 15 is 0 Å². The number of nitrogens with one attached hydrogen (secondary N) is 1. The lowest BCUT2D eigenvalue weighted by Gasteiger charge is -2.10. The van der Waals surface area contributed by atoms with Gasteiger partial charge in [-0.05, 0) is 30.7 Å². The fourth-order valence-electron chi connectivity index (χ4n) is 2.79.